The molecule has 1 aromatic heterocycles. The van der Waals surface area contributed by atoms with Crippen LogP contribution >= 0.6 is 0 Å². The molecule has 2 amide bonds. The summed E-state index contributed by atoms with van der Waals surface area (Å²) in [5.74, 6) is 0.996. The van der Waals surface area contributed by atoms with Gasteiger partial charge in [-0.3, -0.25) is 9.59 Å². The number of carbonyl (C=O) groups is 2. The van der Waals surface area contributed by atoms with Gasteiger partial charge in [-0.2, -0.15) is 0 Å². The Kier molecular flexibility index (Phi) is 21.2. The lowest BCUT2D eigenvalue weighted by atomic mass is 9.78. The number of amides is 2. The quantitative estimate of drug-likeness (QED) is 0.0554. The van der Waals surface area contributed by atoms with Crippen LogP contribution in [0.5, 0.6) is 5.75 Å². The largest absolute Gasteiger partial charge is 0.507 e. The predicted molar refractivity (Wildman–Crippen MR) is 279 cm³/mol. The number of aromatic hydroxyl groups is 1. The SMILES string of the molecule is CCO[Si](CCCC(=O)N(CC)c1ccc(-c2nc(-c3cc(C(C)(C)C)c(O)c(C(C)(C)C)c3)[nH]c2-c2ccc(N(CC)C(=O)CCC[Si](OCC)(OCC)OCC)cc2)cc1)(OCC)OCC. The van der Waals surface area contributed by atoms with Crippen LogP contribution < -0.4 is 9.80 Å². The summed E-state index contributed by atoms with van der Waals surface area (Å²) < 4.78 is 36.2. The number of carbonyl (C=O) groups excluding carboxylic acids is 2. The first-order valence-corrected chi connectivity index (χ1v) is 28.8. The zero-order chi connectivity index (χ0) is 50.3. The predicted octanol–water partition coefficient (Wildman–Crippen LogP) is 12.1. The van der Waals surface area contributed by atoms with Crippen molar-refractivity contribution >= 4 is 40.8 Å². The second-order valence-corrected chi connectivity index (χ2v) is 24.2. The third-order valence-electron chi connectivity index (χ3n) is 11.8. The number of phenols is 1. The van der Waals surface area contributed by atoms with Crippen molar-refractivity contribution in [3.8, 4) is 39.7 Å². The van der Waals surface area contributed by atoms with Gasteiger partial charge < -0.3 is 46.4 Å². The lowest BCUT2D eigenvalue weighted by Gasteiger charge is -2.29. The number of aromatic nitrogens is 2. The fourth-order valence-electron chi connectivity index (χ4n) is 8.64. The molecule has 68 heavy (non-hydrogen) atoms. The minimum absolute atomic E-state index is 0.0169. The van der Waals surface area contributed by atoms with Gasteiger partial charge in [0.05, 0.1) is 11.4 Å². The molecule has 13 nitrogen and oxygen atoms in total. The Balaban J connectivity index is 1.72. The average Bonchev–Trinajstić information content (AvgIpc) is 3.73. The molecule has 0 atom stereocenters. The Morgan fingerprint density at radius 2 is 0.912 bits per heavy atom. The molecule has 2 N–H and O–H groups in total. The van der Waals surface area contributed by atoms with Gasteiger partial charge in [0.2, 0.25) is 11.8 Å². The van der Waals surface area contributed by atoms with E-state index in [0.717, 1.165) is 50.6 Å². The smallest absolute Gasteiger partial charge is 0.500 e. The van der Waals surface area contributed by atoms with Gasteiger partial charge in [-0.1, -0.05) is 65.8 Å². The molecule has 1 heterocycles. The molecule has 3 aromatic carbocycles. The van der Waals surface area contributed by atoms with Gasteiger partial charge in [0.1, 0.15) is 11.6 Å². The molecule has 15 heteroatoms. The molecule has 0 fully saturated rings. The Hall–Kier alpha value is -4.20. The van der Waals surface area contributed by atoms with Crippen molar-refractivity contribution in [2.24, 2.45) is 0 Å². The maximum absolute atomic E-state index is 13.8. The molecule has 0 saturated heterocycles. The van der Waals surface area contributed by atoms with Crippen LogP contribution in [-0.2, 0) is 47.0 Å². The first-order valence-electron chi connectivity index (χ1n) is 24.9. The third-order valence-corrected chi connectivity index (χ3v) is 18.1. The summed E-state index contributed by atoms with van der Waals surface area (Å²) in [4.78, 5) is 40.1. The fourth-order valence-corrected chi connectivity index (χ4v) is 13.9. The minimum Gasteiger partial charge on any atom is -0.507 e. The Morgan fingerprint density at radius 3 is 1.24 bits per heavy atom. The normalized spacial score (nSPS) is 12.4. The Bertz CT molecular complexity index is 2020. The first-order chi connectivity index (χ1) is 32.3. The average molecular weight is 975 g/mol. The number of rotatable bonds is 27. The molecule has 0 spiro atoms. The second-order valence-electron chi connectivity index (χ2n) is 18.8. The number of benzene rings is 3. The molecule has 4 rings (SSSR count). The van der Waals surface area contributed by atoms with Gasteiger partial charge >= 0.3 is 17.6 Å². The van der Waals surface area contributed by atoms with E-state index in [9.17, 15) is 14.7 Å². The minimum atomic E-state index is -2.87. The van der Waals surface area contributed by atoms with Crippen molar-refractivity contribution in [1.82, 2.24) is 9.97 Å². The van der Waals surface area contributed by atoms with Crippen LogP contribution in [0.3, 0.4) is 0 Å². The topological polar surface area (TPSA) is 145 Å². The van der Waals surface area contributed by atoms with Crippen molar-refractivity contribution < 1.29 is 41.3 Å². The third kappa shape index (κ3) is 14.4. The Labute approximate surface area is 410 Å². The number of hydrogen-bond donors (Lipinski definition) is 2. The van der Waals surface area contributed by atoms with E-state index in [1.807, 2.05) is 121 Å². The summed E-state index contributed by atoms with van der Waals surface area (Å²) in [6.45, 7) is 32.2. The highest BCUT2D eigenvalue weighted by atomic mass is 28.4. The van der Waals surface area contributed by atoms with Gasteiger partial charge in [0, 0.05) is 117 Å². The number of imidazole rings is 1. The van der Waals surface area contributed by atoms with Crippen LogP contribution in [0, 0.1) is 0 Å². The van der Waals surface area contributed by atoms with Crippen LogP contribution in [-0.4, -0.2) is 97.2 Å². The van der Waals surface area contributed by atoms with Crippen molar-refractivity contribution in [3.05, 3.63) is 71.8 Å². The number of hydrogen-bond acceptors (Lipinski definition) is 10. The van der Waals surface area contributed by atoms with Gasteiger partial charge in [-0.25, -0.2) is 4.98 Å². The molecule has 4 aromatic rings. The highest BCUT2D eigenvalue weighted by Crippen LogP contribution is 2.43. The van der Waals surface area contributed by atoms with Gasteiger partial charge in [-0.15, -0.1) is 0 Å². The maximum Gasteiger partial charge on any atom is 0.500 e. The van der Waals surface area contributed by atoms with Crippen LogP contribution in [0.1, 0.15) is 134 Å². The Morgan fingerprint density at radius 1 is 0.559 bits per heavy atom. The lowest BCUT2D eigenvalue weighted by molar-refractivity contribution is -0.119. The van der Waals surface area contributed by atoms with E-state index < -0.39 is 17.6 Å². The van der Waals surface area contributed by atoms with Gasteiger partial charge in [0.15, 0.2) is 0 Å². The van der Waals surface area contributed by atoms with Gasteiger partial charge in [0.25, 0.3) is 0 Å². The number of phenolic OH excluding ortho intramolecular Hbond substituents is 1. The summed E-state index contributed by atoms with van der Waals surface area (Å²) in [6, 6.07) is 21.2. The van der Waals surface area contributed by atoms with Crippen molar-refractivity contribution in [3.63, 3.8) is 0 Å². The van der Waals surface area contributed by atoms with Crippen LogP contribution in [0.25, 0.3) is 33.9 Å². The molecule has 0 bridgehead atoms. The molecular weight excluding hydrogens is 893 g/mol. The highest BCUT2D eigenvalue weighted by molar-refractivity contribution is 6.61. The molecule has 0 unspecified atom stereocenters. The van der Waals surface area contributed by atoms with Crippen molar-refractivity contribution in [2.75, 3.05) is 62.5 Å². The molecular formula is C53H82N4O9Si2. The van der Waals surface area contributed by atoms with Crippen LogP contribution in [0.15, 0.2) is 60.7 Å². The van der Waals surface area contributed by atoms with Crippen LogP contribution in [0.2, 0.25) is 12.1 Å². The number of H-pyrrole nitrogens is 1. The van der Waals surface area contributed by atoms with E-state index in [1.54, 1.807) is 4.90 Å². The summed E-state index contributed by atoms with van der Waals surface area (Å²) in [7, 11) is -5.74. The first kappa shape index (κ1) is 56.4. The van der Waals surface area contributed by atoms with Crippen molar-refractivity contribution in [1.29, 1.82) is 0 Å². The number of nitrogens with zero attached hydrogens (tertiary/aromatic N) is 3. The van der Waals surface area contributed by atoms with E-state index in [1.165, 1.54) is 0 Å². The van der Waals surface area contributed by atoms with Crippen LogP contribution in [0.4, 0.5) is 11.4 Å². The second kappa shape index (κ2) is 25.6. The lowest BCUT2D eigenvalue weighted by Crippen LogP contribution is -2.46. The number of anilines is 2. The van der Waals surface area contributed by atoms with E-state index in [4.69, 9.17) is 31.5 Å². The zero-order valence-electron chi connectivity index (χ0n) is 43.7. The monoisotopic (exact) mass is 975 g/mol. The standard InChI is InChI=1S/C53H82N4O9Si2/c1-15-56(46(58)25-23-35-67(61-17-3,62-18-4)63-19-5)42-31-27-39(28-32-42)48-49(55-51(54-48)41-37-44(52(9,10)11)50(60)45(38-41)53(12,13)14)40-29-33-43(34-30-40)57(16-2)47(59)26-24-36-68(64-20-6,65-21-7)66-22-8/h27-34,37-38,60H,15-26,35-36H2,1-14H3,(H,54,55). The molecule has 376 valence electrons. The molecule has 0 aliphatic rings. The summed E-state index contributed by atoms with van der Waals surface area (Å²) >= 11 is 0. The van der Waals surface area contributed by atoms with E-state index >= 15 is 0 Å². The number of nitrogens with one attached hydrogen (secondary N) is 1. The van der Waals surface area contributed by atoms with Crippen molar-refractivity contribution in [2.45, 2.75) is 146 Å². The molecule has 0 aliphatic heterocycles. The summed E-state index contributed by atoms with van der Waals surface area (Å²) in [6.07, 6.45) is 1.85. The summed E-state index contributed by atoms with van der Waals surface area (Å²) in [5.41, 5.74) is 6.73. The van der Waals surface area contributed by atoms with E-state index in [0.29, 0.717) is 102 Å². The number of aromatic amines is 1. The highest BCUT2D eigenvalue weighted by Gasteiger charge is 2.41. The van der Waals surface area contributed by atoms with E-state index in [-0.39, 0.29) is 22.6 Å². The summed E-state index contributed by atoms with van der Waals surface area (Å²) in [5, 5.41) is 11.6. The molecule has 0 aliphatic carbocycles. The molecule has 0 saturated carbocycles. The zero-order valence-corrected chi connectivity index (χ0v) is 45.7. The van der Waals surface area contributed by atoms with Gasteiger partial charge in [-0.05, 0) is 115 Å². The maximum atomic E-state index is 13.8. The molecule has 0 radical (unpaired) electrons. The van der Waals surface area contributed by atoms with E-state index in [2.05, 4.69) is 46.5 Å². The fraction of sp³-hybridized carbons (Fsp3) is 0.566.